The summed E-state index contributed by atoms with van der Waals surface area (Å²) in [5.41, 5.74) is 7.07. The second kappa shape index (κ2) is 6.66. The number of imidazole rings is 1. The lowest BCUT2D eigenvalue weighted by molar-refractivity contribution is 0.0955. The number of nitrogens with zero attached hydrogens (tertiary/aromatic N) is 3. The molecule has 0 fully saturated rings. The van der Waals surface area contributed by atoms with Gasteiger partial charge in [-0.2, -0.15) is 5.10 Å². The highest BCUT2D eigenvalue weighted by molar-refractivity contribution is 5.97. The molecule has 0 atom stereocenters. The molecule has 3 rings (SSSR count). The van der Waals surface area contributed by atoms with Crippen LogP contribution in [0.3, 0.4) is 0 Å². The summed E-state index contributed by atoms with van der Waals surface area (Å²) in [4.78, 5) is 16.8. The Morgan fingerprint density at radius 2 is 2.08 bits per heavy atom. The van der Waals surface area contributed by atoms with Crippen LogP contribution in [-0.2, 0) is 6.54 Å². The third kappa shape index (κ3) is 3.20. The van der Waals surface area contributed by atoms with Gasteiger partial charge in [0.1, 0.15) is 5.82 Å². The highest BCUT2D eigenvalue weighted by Gasteiger charge is 2.10. The number of hydrogen-bond acceptors (Lipinski definition) is 3. The summed E-state index contributed by atoms with van der Waals surface area (Å²) in [5, 5.41) is 4.03. The average molecular weight is 320 g/mol. The van der Waals surface area contributed by atoms with E-state index in [0.29, 0.717) is 5.56 Å². The van der Waals surface area contributed by atoms with Crippen molar-refractivity contribution in [1.82, 2.24) is 15.0 Å². The van der Waals surface area contributed by atoms with E-state index in [9.17, 15) is 4.79 Å². The fraction of sp³-hybridized carbons (Fsp3) is 0.211. The number of carbonyl (C=O) groups is 1. The smallest absolute Gasteiger partial charge is 0.271 e. The summed E-state index contributed by atoms with van der Waals surface area (Å²) in [5.74, 6) is 0.701. The van der Waals surface area contributed by atoms with Gasteiger partial charge >= 0.3 is 0 Å². The molecule has 0 unspecified atom stereocenters. The van der Waals surface area contributed by atoms with E-state index < -0.39 is 0 Å². The van der Waals surface area contributed by atoms with Crippen molar-refractivity contribution in [3.63, 3.8) is 0 Å². The van der Waals surface area contributed by atoms with E-state index >= 15 is 0 Å². The van der Waals surface area contributed by atoms with Crippen molar-refractivity contribution in [2.75, 3.05) is 0 Å². The van der Waals surface area contributed by atoms with Gasteiger partial charge in [0.2, 0.25) is 0 Å². The van der Waals surface area contributed by atoms with Crippen LogP contribution in [0, 0.1) is 13.8 Å². The van der Waals surface area contributed by atoms with E-state index in [0.717, 1.165) is 34.5 Å². The van der Waals surface area contributed by atoms with Crippen LogP contribution in [0.25, 0.3) is 11.0 Å². The lowest BCUT2D eigenvalue weighted by Gasteiger charge is -2.03. The van der Waals surface area contributed by atoms with Crippen molar-refractivity contribution in [1.29, 1.82) is 0 Å². The van der Waals surface area contributed by atoms with Gasteiger partial charge in [-0.1, -0.05) is 29.8 Å². The van der Waals surface area contributed by atoms with E-state index in [2.05, 4.69) is 27.0 Å². The van der Waals surface area contributed by atoms with Gasteiger partial charge in [0, 0.05) is 12.1 Å². The molecule has 0 spiro atoms. The maximum atomic E-state index is 12.2. The molecular weight excluding hydrogens is 300 g/mol. The largest absolute Gasteiger partial charge is 0.329 e. The maximum absolute atomic E-state index is 12.2. The molecule has 3 aromatic rings. The molecule has 0 aliphatic heterocycles. The van der Waals surface area contributed by atoms with E-state index in [-0.39, 0.29) is 5.91 Å². The molecular formula is C19H20N4O. The Kier molecular flexibility index (Phi) is 4.42. The molecule has 0 radical (unpaired) electrons. The highest BCUT2D eigenvalue weighted by atomic mass is 16.2. The number of aryl methyl sites for hydroxylation is 3. The highest BCUT2D eigenvalue weighted by Crippen LogP contribution is 2.17. The molecule has 2 aromatic carbocycles. The fourth-order valence-electron chi connectivity index (χ4n) is 2.77. The average Bonchev–Trinajstić information content (AvgIpc) is 2.88. The Labute approximate surface area is 141 Å². The molecule has 5 heteroatoms. The van der Waals surface area contributed by atoms with Crippen LogP contribution in [0.15, 0.2) is 47.6 Å². The van der Waals surface area contributed by atoms with Gasteiger partial charge in [0.05, 0.1) is 17.2 Å². The normalized spacial score (nSPS) is 11.3. The standard InChI is InChI=1S/C19H20N4O/c1-4-23-14(3)21-17-11-16(8-9-18(17)23)19(24)22-20-12-15-7-5-6-13(2)10-15/h5-12H,4H2,1-3H3,(H,22,24)/b20-12-. The Morgan fingerprint density at radius 3 is 2.83 bits per heavy atom. The van der Waals surface area contributed by atoms with Crippen LogP contribution in [0.4, 0.5) is 0 Å². The van der Waals surface area contributed by atoms with Crippen LogP contribution >= 0.6 is 0 Å². The van der Waals surface area contributed by atoms with E-state index in [1.807, 2.05) is 44.2 Å². The van der Waals surface area contributed by atoms with Gasteiger partial charge in [-0.05, 0) is 44.5 Å². The number of amides is 1. The number of benzene rings is 2. The summed E-state index contributed by atoms with van der Waals surface area (Å²) in [6, 6.07) is 13.4. The minimum atomic E-state index is -0.246. The SMILES string of the molecule is CCn1c(C)nc2cc(C(=O)N/N=C\c3cccc(C)c3)ccc21. The summed E-state index contributed by atoms with van der Waals surface area (Å²) >= 11 is 0. The summed E-state index contributed by atoms with van der Waals surface area (Å²) in [6.45, 7) is 6.92. The number of nitrogens with one attached hydrogen (secondary N) is 1. The Morgan fingerprint density at radius 1 is 1.25 bits per heavy atom. The number of carbonyl (C=O) groups excluding carboxylic acids is 1. The van der Waals surface area contributed by atoms with Crippen LogP contribution < -0.4 is 5.43 Å². The minimum absolute atomic E-state index is 0.246. The van der Waals surface area contributed by atoms with Gasteiger partial charge in [-0.15, -0.1) is 0 Å². The molecule has 24 heavy (non-hydrogen) atoms. The number of hydrazone groups is 1. The Hall–Kier alpha value is -2.95. The minimum Gasteiger partial charge on any atom is -0.329 e. The second-order valence-electron chi connectivity index (χ2n) is 5.72. The zero-order valence-electron chi connectivity index (χ0n) is 14.1. The predicted molar refractivity (Wildman–Crippen MR) is 96.4 cm³/mol. The van der Waals surface area contributed by atoms with Gasteiger partial charge in [-0.3, -0.25) is 4.79 Å². The van der Waals surface area contributed by atoms with Crippen LogP contribution in [0.2, 0.25) is 0 Å². The maximum Gasteiger partial charge on any atom is 0.271 e. The van der Waals surface area contributed by atoms with Crippen molar-refractivity contribution >= 4 is 23.2 Å². The molecule has 0 aliphatic carbocycles. The summed E-state index contributed by atoms with van der Waals surface area (Å²) in [6.07, 6.45) is 1.64. The zero-order chi connectivity index (χ0) is 17.1. The molecule has 1 aromatic heterocycles. The first-order valence-electron chi connectivity index (χ1n) is 7.95. The first-order valence-corrected chi connectivity index (χ1v) is 7.95. The number of aromatic nitrogens is 2. The molecule has 1 N–H and O–H groups in total. The molecule has 122 valence electrons. The van der Waals surface area contributed by atoms with Gasteiger partial charge in [0.25, 0.3) is 5.91 Å². The van der Waals surface area contributed by atoms with Crippen LogP contribution in [0.5, 0.6) is 0 Å². The van der Waals surface area contributed by atoms with Crippen molar-refractivity contribution in [2.24, 2.45) is 5.10 Å². The molecule has 1 heterocycles. The van der Waals surface area contributed by atoms with Crippen molar-refractivity contribution in [2.45, 2.75) is 27.3 Å². The van der Waals surface area contributed by atoms with E-state index in [1.54, 1.807) is 18.3 Å². The summed E-state index contributed by atoms with van der Waals surface area (Å²) in [7, 11) is 0. The molecule has 0 saturated heterocycles. The first-order chi connectivity index (χ1) is 11.6. The van der Waals surface area contributed by atoms with Gasteiger partial charge in [0.15, 0.2) is 0 Å². The fourth-order valence-corrected chi connectivity index (χ4v) is 2.77. The van der Waals surface area contributed by atoms with Gasteiger partial charge in [-0.25, -0.2) is 10.4 Å². The number of hydrogen-bond donors (Lipinski definition) is 1. The third-order valence-electron chi connectivity index (χ3n) is 3.94. The summed E-state index contributed by atoms with van der Waals surface area (Å²) < 4.78 is 2.12. The first kappa shape index (κ1) is 15.9. The zero-order valence-corrected chi connectivity index (χ0v) is 14.1. The predicted octanol–water partition coefficient (Wildman–Crippen LogP) is 3.44. The Balaban J connectivity index is 1.76. The molecule has 0 saturated carbocycles. The number of rotatable bonds is 4. The second-order valence-corrected chi connectivity index (χ2v) is 5.72. The van der Waals surface area contributed by atoms with Crippen LogP contribution in [0.1, 0.15) is 34.2 Å². The number of fused-ring (bicyclic) bond motifs is 1. The molecule has 0 bridgehead atoms. The Bertz CT molecular complexity index is 924. The third-order valence-corrected chi connectivity index (χ3v) is 3.94. The van der Waals surface area contributed by atoms with E-state index in [1.165, 1.54) is 0 Å². The van der Waals surface area contributed by atoms with Crippen molar-refractivity contribution in [3.8, 4) is 0 Å². The molecule has 1 amide bonds. The van der Waals surface area contributed by atoms with Crippen molar-refractivity contribution < 1.29 is 4.79 Å². The lowest BCUT2D eigenvalue weighted by atomic mass is 10.2. The monoisotopic (exact) mass is 320 g/mol. The van der Waals surface area contributed by atoms with E-state index in [4.69, 9.17) is 0 Å². The van der Waals surface area contributed by atoms with Gasteiger partial charge < -0.3 is 4.57 Å². The van der Waals surface area contributed by atoms with Crippen LogP contribution in [-0.4, -0.2) is 21.7 Å². The lowest BCUT2D eigenvalue weighted by Crippen LogP contribution is -2.17. The topological polar surface area (TPSA) is 59.3 Å². The van der Waals surface area contributed by atoms with Crippen molar-refractivity contribution in [3.05, 3.63) is 65.0 Å². The molecule has 5 nitrogen and oxygen atoms in total. The molecule has 0 aliphatic rings. The quantitative estimate of drug-likeness (QED) is 0.591.